The first-order chi connectivity index (χ1) is 7.63. The first-order valence-electron chi connectivity index (χ1n) is 5.65. The molecule has 0 aromatic heterocycles. The fraction of sp³-hybridized carbons (Fsp3) is 0.429. The molecule has 0 spiro atoms. The monoisotopic (exact) mass is 217 g/mol. The molecule has 0 bridgehead atoms. The van der Waals surface area contributed by atoms with Crippen LogP contribution in [0.15, 0.2) is 29.3 Å². The van der Waals surface area contributed by atoms with E-state index in [0.29, 0.717) is 0 Å². The number of nitrogens with zero attached hydrogens (tertiary/aromatic N) is 1. The first kappa shape index (κ1) is 12.6. The number of benzene rings is 1. The van der Waals surface area contributed by atoms with E-state index in [1.807, 2.05) is 25.3 Å². The van der Waals surface area contributed by atoms with Crippen LogP contribution in [0.5, 0.6) is 0 Å². The van der Waals surface area contributed by atoms with Crippen LogP contribution < -0.4 is 0 Å². The van der Waals surface area contributed by atoms with Crippen LogP contribution in [0.3, 0.4) is 0 Å². The van der Waals surface area contributed by atoms with Crippen molar-refractivity contribution in [3.05, 3.63) is 35.4 Å². The fourth-order valence-electron chi connectivity index (χ4n) is 1.56. The van der Waals surface area contributed by atoms with Gasteiger partial charge in [-0.25, -0.2) is 0 Å². The van der Waals surface area contributed by atoms with Crippen molar-refractivity contribution >= 4 is 12.0 Å². The highest BCUT2D eigenvalue weighted by Crippen LogP contribution is 2.11. The molecule has 0 saturated carbocycles. The van der Waals surface area contributed by atoms with E-state index in [1.165, 1.54) is 5.56 Å². The second-order valence-corrected chi connectivity index (χ2v) is 4.18. The molecule has 0 heterocycles. The van der Waals surface area contributed by atoms with Crippen molar-refractivity contribution in [2.24, 2.45) is 10.9 Å². The van der Waals surface area contributed by atoms with Crippen molar-refractivity contribution in [1.29, 1.82) is 0 Å². The summed E-state index contributed by atoms with van der Waals surface area (Å²) in [6.45, 7) is 3.64. The van der Waals surface area contributed by atoms with Gasteiger partial charge in [0.2, 0.25) is 0 Å². The zero-order valence-electron chi connectivity index (χ0n) is 10.2. The Labute approximate surface area is 97.4 Å². The molecule has 0 amide bonds. The molecule has 1 unspecified atom stereocenters. The molecule has 0 saturated heterocycles. The Hall–Kier alpha value is -1.44. The maximum Gasteiger partial charge on any atom is 0.132 e. The molecule has 1 rings (SSSR count). The van der Waals surface area contributed by atoms with Gasteiger partial charge in [0, 0.05) is 19.2 Å². The number of aliphatic imine (C=N–C) groups is 1. The number of carbonyl (C=O) groups excluding carboxylic acids is 1. The lowest BCUT2D eigenvalue weighted by Crippen LogP contribution is -2.07. The highest BCUT2D eigenvalue weighted by molar-refractivity contribution is 5.79. The number of aryl methyl sites for hydroxylation is 1. The number of ketones is 1. The smallest absolute Gasteiger partial charge is 0.132 e. The molecule has 1 aromatic rings. The van der Waals surface area contributed by atoms with Gasteiger partial charge in [-0.1, -0.05) is 31.2 Å². The fourth-order valence-corrected chi connectivity index (χ4v) is 1.56. The molecule has 0 N–H and O–H groups in total. The summed E-state index contributed by atoms with van der Waals surface area (Å²) < 4.78 is 0. The van der Waals surface area contributed by atoms with Gasteiger partial charge in [0.05, 0.1) is 0 Å². The Morgan fingerprint density at radius 1 is 1.50 bits per heavy atom. The van der Waals surface area contributed by atoms with Crippen LogP contribution in [-0.4, -0.2) is 19.0 Å². The zero-order chi connectivity index (χ0) is 12.0. The Morgan fingerprint density at radius 3 is 2.88 bits per heavy atom. The molecular weight excluding hydrogens is 198 g/mol. The number of hydrogen-bond acceptors (Lipinski definition) is 2. The molecule has 86 valence electrons. The molecule has 0 aliphatic rings. The van der Waals surface area contributed by atoms with Gasteiger partial charge < -0.3 is 0 Å². The second kappa shape index (κ2) is 6.21. The van der Waals surface area contributed by atoms with E-state index in [2.05, 4.69) is 17.1 Å². The van der Waals surface area contributed by atoms with Crippen LogP contribution in [0.1, 0.15) is 31.4 Å². The molecule has 2 nitrogen and oxygen atoms in total. The Morgan fingerprint density at radius 2 is 2.25 bits per heavy atom. The van der Waals surface area contributed by atoms with Crippen molar-refractivity contribution in [2.75, 3.05) is 7.05 Å². The van der Waals surface area contributed by atoms with Crippen molar-refractivity contribution in [1.82, 2.24) is 0 Å². The first-order valence-corrected chi connectivity index (χ1v) is 5.65. The molecule has 0 radical (unpaired) electrons. The maximum absolute atomic E-state index is 11.1. The maximum atomic E-state index is 11.1. The topological polar surface area (TPSA) is 29.4 Å². The second-order valence-electron chi connectivity index (χ2n) is 4.18. The summed E-state index contributed by atoms with van der Waals surface area (Å²) in [6.07, 6.45) is 3.71. The predicted molar refractivity (Wildman–Crippen MR) is 68.1 cm³/mol. The number of Topliss-reactive ketones (excluding diaryl/α,β-unsaturated/α-hetero) is 1. The highest BCUT2D eigenvalue weighted by atomic mass is 16.1. The van der Waals surface area contributed by atoms with Crippen LogP contribution >= 0.6 is 0 Å². The number of rotatable bonds is 5. The average molecular weight is 217 g/mol. The van der Waals surface area contributed by atoms with Crippen molar-refractivity contribution < 1.29 is 4.79 Å². The quantitative estimate of drug-likeness (QED) is 0.697. The van der Waals surface area contributed by atoms with Gasteiger partial charge in [-0.05, 0) is 30.9 Å². The van der Waals surface area contributed by atoms with E-state index in [4.69, 9.17) is 0 Å². The molecule has 1 atom stereocenters. The van der Waals surface area contributed by atoms with Crippen LogP contribution in [0, 0.1) is 5.92 Å². The van der Waals surface area contributed by atoms with Gasteiger partial charge in [0.15, 0.2) is 0 Å². The molecule has 2 heteroatoms. The molecule has 1 aromatic carbocycles. The van der Waals surface area contributed by atoms with E-state index in [-0.39, 0.29) is 11.7 Å². The molecule has 16 heavy (non-hydrogen) atoms. The Kier molecular flexibility index (Phi) is 4.90. The van der Waals surface area contributed by atoms with Crippen molar-refractivity contribution in [3.8, 4) is 0 Å². The van der Waals surface area contributed by atoms with Gasteiger partial charge in [-0.15, -0.1) is 0 Å². The van der Waals surface area contributed by atoms with Gasteiger partial charge >= 0.3 is 0 Å². The number of hydrogen-bond donors (Lipinski definition) is 0. The van der Waals surface area contributed by atoms with Crippen molar-refractivity contribution in [3.63, 3.8) is 0 Å². The molecule has 0 fully saturated rings. The van der Waals surface area contributed by atoms with E-state index in [0.717, 1.165) is 18.4 Å². The lowest BCUT2D eigenvalue weighted by atomic mass is 9.97. The Bertz CT molecular complexity index is 382. The van der Waals surface area contributed by atoms with Crippen LogP contribution in [0.25, 0.3) is 0 Å². The van der Waals surface area contributed by atoms with E-state index < -0.39 is 0 Å². The van der Waals surface area contributed by atoms with Crippen molar-refractivity contribution in [2.45, 2.75) is 26.7 Å². The van der Waals surface area contributed by atoms with Crippen LogP contribution in [-0.2, 0) is 11.2 Å². The van der Waals surface area contributed by atoms with Crippen LogP contribution in [0.4, 0.5) is 0 Å². The third kappa shape index (κ3) is 3.97. The largest absolute Gasteiger partial charge is 0.300 e. The Balaban J connectivity index is 2.60. The minimum Gasteiger partial charge on any atom is -0.300 e. The average Bonchev–Trinajstić information content (AvgIpc) is 2.26. The predicted octanol–water partition coefficient (Wildman–Crippen LogP) is 2.89. The minimum atomic E-state index is 0.156. The summed E-state index contributed by atoms with van der Waals surface area (Å²) in [4.78, 5) is 15.1. The molecular formula is C14H19NO. The number of carbonyl (C=O) groups is 1. The third-order valence-corrected chi connectivity index (χ3v) is 2.79. The summed E-state index contributed by atoms with van der Waals surface area (Å²) in [5.74, 6) is 0.426. The van der Waals surface area contributed by atoms with Gasteiger partial charge in [0.25, 0.3) is 0 Å². The molecule has 0 aliphatic heterocycles. The summed E-state index contributed by atoms with van der Waals surface area (Å²) in [7, 11) is 1.77. The summed E-state index contributed by atoms with van der Waals surface area (Å²) in [5.41, 5.74) is 2.39. The van der Waals surface area contributed by atoms with E-state index in [9.17, 15) is 4.79 Å². The van der Waals surface area contributed by atoms with Crippen LogP contribution in [0.2, 0.25) is 0 Å². The van der Waals surface area contributed by atoms with E-state index in [1.54, 1.807) is 14.0 Å². The summed E-state index contributed by atoms with van der Waals surface area (Å²) >= 11 is 0. The zero-order valence-corrected chi connectivity index (χ0v) is 10.2. The standard InChI is InChI=1S/C14H19NO/c1-11(12(2)16)7-8-13-5-4-6-14(9-13)10-15-3/h4-6,9-11H,7-8H2,1-3H3. The van der Waals surface area contributed by atoms with Gasteiger partial charge in [0.1, 0.15) is 5.78 Å². The summed E-state index contributed by atoms with van der Waals surface area (Å²) in [6, 6.07) is 8.29. The normalized spacial score (nSPS) is 12.9. The third-order valence-electron chi connectivity index (χ3n) is 2.79. The van der Waals surface area contributed by atoms with E-state index >= 15 is 0 Å². The highest BCUT2D eigenvalue weighted by Gasteiger charge is 2.07. The SMILES string of the molecule is CN=Cc1cccc(CCC(C)C(C)=O)c1. The summed E-state index contributed by atoms with van der Waals surface area (Å²) in [5, 5.41) is 0. The van der Waals surface area contributed by atoms with Gasteiger partial charge in [-0.2, -0.15) is 0 Å². The molecule has 0 aliphatic carbocycles. The lowest BCUT2D eigenvalue weighted by Gasteiger charge is -2.07. The lowest BCUT2D eigenvalue weighted by molar-refractivity contribution is -0.120. The van der Waals surface area contributed by atoms with Gasteiger partial charge in [-0.3, -0.25) is 9.79 Å². The minimum absolute atomic E-state index is 0.156.